The van der Waals surface area contributed by atoms with Gasteiger partial charge in [0.15, 0.2) is 5.65 Å². The molecule has 0 amide bonds. The monoisotopic (exact) mass is 414 g/mol. The molecule has 0 unspecified atom stereocenters. The highest BCUT2D eigenvalue weighted by Crippen LogP contribution is 2.31. The Labute approximate surface area is 157 Å². The van der Waals surface area contributed by atoms with E-state index < -0.39 is 39.4 Å². The van der Waals surface area contributed by atoms with Crippen LogP contribution in [0.1, 0.15) is 11.3 Å². The number of halogens is 3. The SMILES string of the molecule is Cc1c(CC(=O)O)c2cccnc2n1S(=O)(=O)c1cccc(OC(F)(F)F)c1. The molecule has 0 saturated heterocycles. The summed E-state index contributed by atoms with van der Waals surface area (Å²) in [4.78, 5) is 14.7. The maximum atomic E-state index is 13.1. The van der Waals surface area contributed by atoms with Crippen molar-refractivity contribution >= 4 is 27.0 Å². The van der Waals surface area contributed by atoms with E-state index in [0.29, 0.717) is 5.39 Å². The number of aliphatic carboxylic acids is 1. The van der Waals surface area contributed by atoms with Crippen molar-refractivity contribution in [1.29, 1.82) is 0 Å². The Morgan fingerprint density at radius 3 is 2.61 bits per heavy atom. The molecule has 0 aliphatic heterocycles. The third-order valence-electron chi connectivity index (χ3n) is 3.95. The fraction of sp³-hybridized carbons (Fsp3) is 0.176. The van der Waals surface area contributed by atoms with Gasteiger partial charge in [0.25, 0.3) is 10.0 Å². The molecule has 0 bridgehead atoms. The number of carboxylic acid groups (broad SMARTS) is 1. The van der Waals surface area contributed by atoms with E-state index in [9.17, 15) is 26.4 Å². The van der Waals surface area contributed by atoms with Crippen LogP contribution in [0.2, 0.25) is 0 Å². The van der Waals surface area contributed by atoms with Gasteiger partial charge in [-0.3, -0.25) is 4.79 Å². The number of fused-ring (bicyclic) bond motifs is 1. The predicted octanol–water partition coefficient (Wildman–Crippen LogP) is 3.11. The van der Waals surface area contributed by atoms with Crippen LogP contribution in [-0.4, -0.2) is 34.8 Å². The molecule has 0 aliphatic carbocycles. The summed E-state index contributed by atoms with van der Waals surface area (Å²) in [5.41, 5.74) is 0.346. The first-order valence-corrected chi connectivity index (χ1v) is 9.23. The van der Waals surface area contributed by atoms with E-state index in [1.54, 1.807) is 0 Å². The van der Waals surface area contributed by atoms with Crippen LogP contribution in [0.15, 0.2) is 47.5 Å². The Kier molecular flexibility index (Phi) is 4.79. The van der Waals surface area contributed by atoms with Crippen LogP contribution in [0, 0.1) is 6.92 Å². The van der Waals surface area contributed by atoms with E-state index in [4.69, 9.17) is 5.11 Å². The van der Waals surface area contributed by atoms with Gasteiger partial charge in [0.05, 0.1) is 11.3 Å². The maximum absolute atomic E-state index is 13.1. The zero-order chi connectivity index (χ0) is 20.7. The molecule has 3 aromatic rings. The van der Waals surface area contributed by atoms with Crippen LogP contribution in [0.25, 0.3) is 11.0 Å². The van der Waals surface area contributed by atoms with Crippen molar-refractivity contribution < 1.29 is 36.2 Å². The molecule has 0 radical (unpaired) electrons. The quantitative estimate of drug-likeness (QED) is 0.689. The molecule has 7 nitrogen and oxygen atoms in total. The molecule has 0 aliphatic rings. The Morgan fingerprint density at radius 2 is 1.96 bits per heavy atom. The zero-order valence-electron chi connectivity index (χ0n) is 14.3. The lowest BCUT2D eigenvalue weighted by Gasteiger charge is -2.12. The average Bonchev–Trinajstić information content (AvgIpc) is 2.86. The maximum Gasteiger partial charge on any atom is 0.573 e. The first-order valence-electron chi connectivity index (χ1n) is 7.79. The van der Waals surface area contributed by atoms with Crippen LogP contribution < -0.4 is 4.74 Å². The van der Waals surface area contributed by atoms with Crippen LogP contribution in [0.4, 0.5) is 13.2 Å². The molecule has 0 fully saturated rings. The number of aromatic nitrogens is 2. The van der Waals surface area contributed by atoms with Gasteiger partial charge in [-0.2, -0.15) is 0 Å². The highest BCUT2D eigenvalue weighted by molar-refractivity contribution is 7.90. The Balaban J connectivity index is 2.21. The van der Waals surface area contributed by atoms with E-state index in [2.05, 4.69) is 9.72 Å². The zero-order valence-corrected chi connectivity index (χ0v) is 15.1. The second-order valence-corrected chi connectivity index (χ2v) is 7.59. The lowest BCUT2D eigenvalue weighted by atomic mass is 10.1. The second kappa shape index (κ2) is 6.82. The molecule has 2 aromatic heterocycles. The first-order chi connectivity index (χ1) is 13.0. The highest BCUT2D eigenvalue weighted by Gasteiger charge is 2.32. The molecule has 3 rings (SSSR count). The van der Waals surface area contributed by atoms with Crippen molar-refractivity contribution in [1.82, 2.24) is 8.96 Å². The van der Waals surface area contributed by atoms with E-state index in [0.717, 1.165) is 28.2 Å². The second-order valence-electron chi connectivity index (χ2n) is 5.80. The summed E-state index contributed by atoms with van der Waals surface area (Å²) >= 11 is 0. The van der Waals surface area contributed by atoms with Crippen LogP contribution >= 0.6 is 0 Å². The van der Waals surface area contributed by atoms with Crippen LogP contribution in [-0.2, 0) is 21.2 Å². The Bertz CT molecular complexity index is 1170. The number of hydrogen-bond acceptors (Lipinski definition) is 5. The van der Waals surface area contributed by atoms with Crippen molar-refractivity contribution in [2.45, 2.75) is 24.6 Å². The molecule has 2 heterocycles. The summed E-state index contributed by atoms with van der Waals surface area (Å²) < 4.78 is 68.2. The van der Waals surface area contributed by atoms with Gasteiger partial charge in [-0.15, -0.1) is 13.2 Å². The summed E-state index contributed by atoms with van der Waals surface area (Å²) in [5.74, 6) is -1.86. The van der Waals surface area contributed by atoms with Crippen molar-refractivity contribution in [3.8, 4) is 5.75 Å². The third-order valence-corrected chi connectivity index (χ3v) is 5.73. The lowest BCUT2D eigenvalue weighted by molar-refractivity contribution is -0.274. The summed E-state index contributed by atoms with van der Waals surface area (Å²) in [7, 11) is -4.38. The molecular formula is C17H13F3N2O5S. The highest BCUT2D eigenvalue weighted by atomic mass is 32.2. The van der Waals surface area contributed by atoms with Crippen LogP contribution in [0.5, 0.6) is 5.75 Å². The molecule has 28 heavy (non-hydrogen) atoms. The van der Waals surface area contributed by atoms with Gasteiger partial charge in [0.2, 0.25) is 0 Å². The fourth-order valence-corrected chi connectivity index (χ4v) is 4.45. The number of hydrogen-bond donors (Lipinski definition) is 1. The van der Waals surface area contributed by atoms with E-state index in [1.165, 1.54) is 25.3 Å². The summed E-state index contributed by atoms with van der Waals surface area (Å²) in [6, 6.07) is 7.00. The van der Waals surface area contributed by atoms with Crippen molar-refractivity contribution in [2.75, 3.05) is 0 Å². The van der Waals surface area contributed by atoms with Crippen molar-refractivity contribution in [3.05, 3.63) is 53.9 Å². The number of carboxylic acids is 1. The van der Waals surface area contributed by atoms with Crippen molar-refractivity contribution in [3.63, 3.8) is 0 Å². The van der Waals surface area contributed by atoms with Gasteiger partial charge in [0, 0.05) is 23.3 Å². The Morgan fingerprint density at radius 1 is 1.25 bits per heavy atom. The fourth-order valence-electron chi connectivity index (χ4n) is 2.88. The normalized spacial score (nSPS) is 12.3. The third kappa shape index (κ3) is 3.65. The number of nitrogens with zero attached hydrogens (tertiary/aromatic N) is 2. The molecule has 0 saturated carbocycles. The van der Waals surface area contributed by atoms with Gasteiger partial charge < -0.3 is 9.84 Å². The number of ether oxygens (including phenoxy) is 1. The van der Waals surface area contributed by atoms with E-state index in [1.807, 2.05) is 0 Å². The lowest BCUT2D eigenvalue weighted by Crippen LogP contribution is -2.18. The minimum absolute atomic E-state index is 0.0154. The topological polar surface area (TPSA) is 98.5 Å². The average molecular weight is 414 g/mol. The first kappa shape index (κ1) is 19.7. The molecule has 148 valence electrons. The summed E-state index contributed by atoms with van der Waals surface area (Å²) in [6.45, 7) is 1.41. The summed E-state index contributed by atoms with van der Waals surface area (Å²) in [5, 5.41) is 9.45. The minimum Gasteiger partial charge on any atom is -0.481 e. The number of alkyl halides is 3. The van der Waals surface area contributed by atoms with E-state index in [-0.39, 0.29) is 16.9 Å². The molecule has 1 aromatic carbocycles. The molecular weight excluding hydrogens is 401 g/mol. The minimum atomic E-state index is -4.98. The molecule has 0 atom stereocenters. The van der Waals surface area contributed by atoms with E-state index >= 15 is 0 Å². The molecule has 0 spiro atoms. The number of rotatable bonds is 5. The van der Waals surface area contributed by atoms with Gasteiger partial charge in [-0.1, -0.05) is 6.07 Å². The number of pyridine rings is 1. The standard InChI is InChI=1S/C17H13F3N2O5S/c1-10-14(9-15(23)24)13-6-3-7-21-16(13)22(10)28(25,26)12-5-2-4-11(8-12)27-17(18,19)20/h2-8H,9H2,1H3,(H,23,24). The van der Waals surface area contributed by atoms with Gasteiger partial charge >= 0.3 is 12.3 Å². The Hall–Kier alpha value is -3.08. The predicted molar refractivity (Wildman–Crippen MR) is 91.5 cm³/mol. The van der Waals surface area contributed by atoms with Gasteiger partial charge in [0.1, 0.15) is 5.75 Å². The van der Waals surface area contributed by atoms with Gasteiger partial charge in [-0.25, -0.2) is 17.4 Å². The largest absolute Gasteiger partial charge is 0.573 e. The smallest absolute Gasteiger partial charge is 0.481 e. The van der Waals surface area contributed by atoms with Crippen molar-refractivity contribution in [2.24, 2.45) is 0 Å². The van der Waals surface area contributed by atoms with Gasteiger partial charge in [-0.05, 0) is 36.8 Å². The molecule has 11 heteroatoms. The number of carbonyl (C=O) groups is 1. The number of benzene rings is 1. The van der Waals surface area contributed by atoms with Crippen LogP contribution in [0.3, 0.4) is 0 Å². The molecule has 1 N–H and O–H groups in total. The summed E-state index contributed by atoms with van der Waals surface area (Å²) in [6.07, 6.45) is -4.08.